The lowest BCUT2D eigenvalue weighted by Gasteiger charge is -2.43. The summed E-state index contributed by atoms with van der Waals surface area (Å²) in [7, 11) is 0. The summed E-state index contributed by atoms with van der Waals surface area (Å²) in [4.78, 5) is 0. The van der Waals surface area contributed by atoms with Gasteiger partial charge in [-0.05, 0) is 37.5 Å². The van der Waals surface area contributed by atoms with Gasteiger partial charge in [0.05, 0.1) is 0 Å². The van der Waals surface area contributed by atoms with E-state index in [0.29, 0.717) is 6.04 Å². The number of nitrogens with two attached hydrogens (primary N) is 1. The zero-order valence-corrected chi connectivity index (χ0v) is 8.79. The van der Waals surface area contributed by atoms with Crippen molar-refractivity contribution in [2.45, 2.75) is 57.7 Å². The van der Waals surface area contributed by atoms with Gasteiger partial charge in [0.25, 0.3) is 0 Å². The van der Waals surface area contributed by atoms with Crippen LogP contribution in [0.1, 0.15) is 39.5 Å². The Balaban J connectivity index is 1.74. The van der Waals surface area contributed by atoms with Crippen LogP contribution in [0.5, 0.6) is 0 Å². The third-order valence-corrected chi connectivity index (χ3v) is 4.08. The Labute approximate surface area is 81.3 Å². The minimum atomic E-state index is 0.463. The summed E-state index contributed by atoms with van der Waals surface area (Å²) in [6, 6.07) is 1.96. The quantitative estimate of drug-likeness (QED) is 0.679. The van der Waals surface area contributed by atoms with Gasteiger partial charge in [-0.3, -0.25) is 0 Å². The summed E-state index contributed by atoms with van der Waals surface area (Å²) >= 11 is 0. The van der Waals surface area contributed by atoms with Crippen molar-refractivity contribution in [1.29, 1.82) is 0 Å². The maximum absolute atomic E-state index is 5.88. The summed E-state index contributed by atoms with van der Waals surface area (Å²) < 4.78 is 0. The molecule has 0 aliphatic heterocycles. The first-order valence-corrected chi connectivity index (χ1v) is 5.68. The zero-order valence-electron chi connectivity index (χ0n) is 8.79. The highest BCUT2D eigenvalue weighted by Crippen LogP contribution is 2.34. The summed E-state index contributed by atoms with van der Waals surface area (Å²) in [5.74, 6) is 1.80. The van der Waals surface area contributed by atoms with Crippen LogP contribution in [-0.2, 0) is 0 Å². The van der Waals surface area contributed by atoms with E-state index in [1.54, 1.807) is 0 Å². The maximum Gasteiger partial charge on any atom is 0.0100 e. The molecule has 5 unspecified atom stereocenters. The molecule has 0 aromatic heterocycles. The van der Waals surface area contributed by atoms with Crippen LogP contribution in [0.2, 0.25) is 0 Å². The van der Waals surface area contributed by atoms with Gasteiger partial charge < -0.3 is 11.1 Å². The van der Waals surface area contributed by atoms with Crippen molar-refractivity contribution in [3.05, 3.63) is 0 Å². The van der Waals surface area contributed by atoms with Crippen LogP contribution in [0.25, 0.3) is 0 Å². The fourth-order valence-corrected chi connectivity index (χ4v) is 2.72. The first-order chi connectivity index (χ1) is 6.16. The first kappa shape index (κ1) is 9.47. The van der Waals surface area contributed by atoms with Crippen molar-refractivity contribution in [2.75, 3.05) is 0 Å². The van der Waals surface area contributed by atoms with Gasteiger partial charge in [-0.1, -0.05) is 13.8 Å². The molecule has 0 amide bonds. The average Bonchev–Trinajstić information content (AvgIpc) is 2.50. The average molecular weight is 182 g/mol. The van der Waals surface area contributed by atoms with Gasteiger partial charge >= 0.3 is 0 Å². The van der Waals surface area contributed by atoms with Crippen molar-refractivity contribution in [1.82, 2.24) is 5.32 Å². The van der Waals surface area contributed by atoms with Crippen molar-refractivity contribution < 1.29 is 0 Å². The van der Waals surface area contributed by atoms with Crippen LogP contribution in [0.3, 0.4) is 0 Å². The minimum Gasteiger partial charge on any atom is -0.328 e. The van der Waals surface area contributed by atoms with Crippen LogP contribution >= 0.6 is 0 Å². The molecule has 5 atom stereocenters. The molecule has 0 spiro atoms. The molecule has 0 saturated heterocycles. The third-order valence-electron chi connectivity index (χ3n) is 4.08. The molecule has 76 valence electrons. The summed E-state index contributed by atoms with van der Waals surface area (Å²) in [6.45, 7) is 4.71. The molecule has 3 N–H and O–H groups in total. The van der Waals surface area contributed by atoms with Gasteiger partial charge in [-0.2, -0.15) is 0 Å². The molecule has 2 aliphatic rings. The predicted molar refractivity (Wildman–Crippen MR) is 55.5 cm³/mol. The normalized spacial score (nSPS) is 50.5. The van der Waals surface area contributed by atoms with Crippen LogP contribution in [0.4, 0.5) is 0 Å². The number of hydrogen-bond acceptors (Lipinski definition) is 2. The van der Waals surface area contributed by atoms with Gasteiger partial charge in [0, 0.05) is 18.1 Å². The summed E-state index contributed by atoms with van der Waals surface area (Å²) in [6.07, 6.45) is 5.07. The van der Waals surface area contributed by atoms with E-state index in [-0.39, 0.29) is 0 Å². The van der Waals surface area contributed by atoms with E-state index < -0.39 is 0 Å². The third kappa shape index (κ3) is 1.89. The molecule has 2 rings (SSSR count). The molecule has 2 heteroatoms. The lowest BCUT2D eigenvalue weighted by Crippen LogP contribution is -2.51. The highest BCUT2D eigenvalue weighted by molar-refractivity contribution is 4.93. The van der Waals surface area contributed by atoms with E-state index in [4.69, 9.17) is 5.73 Å². The molecule has 0 aromatic rings. The topological polar surface area (TPSA) is 38.0 Å². The molecule has 2 saturated carbocycles. The predicted octanol–water partition coefficient (Wildman–Crippen LogP) is 1.50. The number of rotatable bonds is 2. The molecule has 0 aromatic carbocycles. The Morgan fingerprint density at radius 1 is 1.15 bits per heavy atom. The Morgan fingerprint density at radius 3 is 2.38 bits per heavy atom. The van der Waals surface area contributed by atoms with Gasteiger partial charge in [0.2, 0.25) is 0 Å². The van der Waals surface area contributed by atoms with Crippen LogP contribution < -0.4 is 11.1 Å². The molecular weight excluding hydrogens is 160 g/mol. The van der Waals surface area contributed by atoms with Crippen LogP contribution in [0, 0.1) is 11.8 Å². The molecule has 0 radical (unpaired) electrons. The second-order valence-electron chi connectivity index (χ2n) is 5.12. The minimum absolute atomic E-state index is 0.463. The molecule has 13 heavy (non-hydrogen) atoms. The number of nitrogens with one attached hydrogen (secondary N) is 1. The second kappa shape index (κ2) is 3.58. The molecule has 0 heterocycles. The Bertz CT molecular complexity index is 179. The molecule has 2 fully saturated rings. The highest BCUT2D eigenvalue weighted by Gasteiger charge is 2.36. The fourth-order valence-electron chi connectivity index (χ4n) is 2.72. The molecule has 2 aliphatic carbocycles. The van der Waals surface area contributed by atoms with Crippen molar-refractivity contribution >= 4 is 0 Å². The Hall–Kier alpha value is -0.0800. The smallest absolute Gasteiger partial charge is 0.0100 e. The zero-order chi connectivity index (χ0) is 9.42. The summed E-state index contributed by atoms with van der Waals surface area (Å²) in [5.41, 5.74) is 5.88. The summed E-state index contributed by atoms with van der Waals surface area (Å²) in [5, 5.41) is 3.75. The molecule has 2 nitrogen and oxygen atoms in total. The van der Waals surface area contributed by atoms with Crippen molar-refractivity contribution in [2.24, 2.45) is 17.6 Å². The largest absolute Gasteiger partial charge is 0.328 e. The molecule has 0 bridgehead atoms. The van der Waals surface area contributed by atoms with Gasteiger partial charge in [-0.25, -0.2) is 0 Å². The molecular formula is C11H22N2. The highest BCUT2D eigenvalue weighted by atomic mass is 15.0. The number of hydrogen-bond donors (Lipinski definition) is 2. The van der Waals surface area contributed by atoms with Gasteiger partial charge in [0.15, 0.2) is 0 Å². The second-order valence-corrected chi connectivity index (χ2v) is 5.12. The van der Waals surface area contributed by atoms with Crippen molar-refractivity contribution in [3.63, 3.8) is 0 Å². The maximum atomic E-state index is 5.88. The van der Waals surface area contributed by atoms with E-state index in [1.807, 2.05) is 0 Å². The van der Waals surface area contributed by atoms with E-state index in [0.717, 1.165) is 23.9 Å². The van der Waals surface area contributed by atoms with Gasteiger partial charge in [0.1, 0.15) is 0 Å². The van der Waals surface area contributed by atoms with E-state index in [2.05, 4.69) is 19.2 Å². The van der Waals surface area contributed by atoms with Crippen molar-refractivity contribution in [3.8, 4) is 0 Å². The Morgan fingerprint density at radius 2 is 1.92 bits per heavy atom. The monoisotopic (exact) mass is 182 g/mol. The Kier molecular flexibility index (Phi) is 2.61. The standard InChI is InChI=1S/C11H22N2/c1-7-5-11(8(7)2)13-10-4-3-9(12)6-10/h7-11,13H,3-6,12H2,1-2H3. The lowest BCUT2D eigenvalue weighted by atomic mass is 9.71. The van der Waals surface area contributed by atoms with E-state index in [9.17, 15) is 0 Å². The SMILES string of the molecule is CC1CC(NC2CCC(N)C2)C1C. The van der Waals surface area contributed by atoms with E-state index in [1.165, 1.54) is 25.7 Å². The van der Waals surface area contributed by atoms with Crippen LogP contribution in [0.15, 0.2) is 0 Å². The van der Waals surface area contributed by atoms with Crippen LogP contribution in [-0.4, -0.2) is 18.1 Å². The first-order valence-electron chi connectivity index (χ1n) is 5.68. The van der Waals surface area contributed by atoms with Gasteiger partial charge in [-0.15, -0.1) is 0 Å². The fraction of sp³-hybridized carbons (Fsp3) is 1.00. The lowest BCUT2D eigenvalue weighted by molar-refractivity contribution is 0.126. The van der Waals surface area contributed by atoms with E-state index >= 15 is 0 Å².